The normalized spacial score (nSPS) is 8.83. The first-order chi connectivity index (χ1) is 7.94. The zero-order valence-corrected chi connectivity index (χ0v) is 10.5. The lowest BCUT2D eigenvalue weighted by atomic mass is 10.7. The number of imidazole rings is 2. The first kappa shape index (κ1) is 18.5. The molecule has 3 N–H and O–H groups in total. The first-order valence-electron chi connectivity index (χ1n) is 4.10. The molecular weight excluding hydrogens is 321 g/mol. The molecule has 2 rings (SSSR count). The minimum absolute atomic E-state index is 0. The molecule has 0 aliphatic heterocycles. The Bertz CT molecular complexity index is 317. The predicted octanol–water partition coefficient (Wildman–Crippen LogP) is 2.03. The fourth-order valence-electron chi connectivity index (χ4n) is 0.430. The molecule has 6 nitrogen and oxygen atoms in total. The van der Waals surface area contributed by atoms with E-state index in [1.54, 1.807) is 37.4 Å². The molecule has 0 aliphatic rings. The van der Waals surface area contributed by atoms with Crippen molar-refractivity contribution in [3.05, 3.63) is 37.4 Å². The number of nitrogens with one attached hydrogen (secondary N) is 2. The maximum atomic E-state index is 10.6. The largest absolute Gasteiger partial charge is 0.490 e. The van der Waals surface area contributed by atoms with Crippen LogP contribution in [0.3, 0.4) is 0 Å². The summed E-state index contributed by atoms with van der Waals surface area (Å²) in [5.74, 6) is -2.76. The van der Waals surface area contributed by atoms with Gasteiger partial charge in [0.1, 0.15) is 0 Å². The number of aromatic amines is 2. The van der Waals surface area contributed by atoms with Gasteiger partial charge in [-0.25, -0.2) is 14.8 Å². The van der Waals surface area contributed by atoms with Gasteiger partial charge >= 0.3 is 12.1 Å². The Morgan fingerprint density at radius 2 is 1.39 bits per heavy atom. The molecule has 0 saturated heterocycles. The predicted molar refractivity (Wildman–Crippen MR) is 61.2 cm³/mol. The standard InChI is InChI=1S/2C3H4N2.C2HF3O2.BrH/c2*1-2-5-3-4-1;3-2(4,5)1(6)7;/h2*1-3H,(H,4,5);(H,6,7);1H. The van der Waals surface area contributed by atoms with E-state index in [2.05, 4.69) is 19.9 Å². The van der Waals surface area contributed by atoms with Crippen LogP contribution in [0.4, 0.5) is 13.2 Å². The monoisotopic (exact) mass is 330 g/mol. The zero-order chi connectivity index (χ0) is 13.1. The number of hydrogen-bond donors (Lipinski definition) is 3. The van der Waals surface area contributed by atoms with E-state index in [0.29, 0.717) is 0 Å². The van der Waals surface area contributed by atoms with Crippen molar-refractivity contribution in [3.8, 4) is 0 Å². The topological polar surface area (TPSA) is 94.7 Å². The summed E-state index contributed by atoms with van der Waals surface area (Å²) in [5.41, 5.74) is 0. The van der Waals surface area contributed by atoms with Crippen molar-refractivity contribution in [2.24, 2.45) is 0 Å². The Morgan fingerprint density at radius 3 is 1.44 bits per heavy atom. The highest BCUT2D eigenvalue weighted by molar-refractivity contribution is 8.93. The number of hydrogen-bond acceptors (Lipinski definition) is 3. The number of aromatic nitrogens is 4. The van der Waals surface area contributed by atoms with Crippen molar-refractivity contribution in [2.45, 2.75) is 6.18 Å². The Morgan fingerprint density at radius 1 is 1.06 bits per heavy atom. The van der Waals surface area contributed by atoms with Crippen molar-refractivity contribution >= 4 is 23.0 Å². The maximum Gasteiger partial charge on any atom is 0.490 e. The fraction of sp³-hybridized carbons (Fsp3) is 0.125. The van der Waals surface area contributed by atoms with Gasteiger partial charge in [0.05, 0.1) is 12.7 Å². The Balaban J connectivity index is 0. The molecule has 2 aromatic rings. The average Bonchev–Trinajstić information content (AvgIpc) is 2.96. The number of rotatable bonds is 0. The molecule has 10 heteroatoms. The Kier molecular flexibility index (Phi) is 10.6. The van der Waals surface area contributed by atoms with Gasteiger partial charge in [0.15, 0.2) is 0 Å². The molecule has 2 heterocycles. The average molecular weight is 331 g/mol. The number of aliphatic carboxylic acids is 1. The Labute approximate surface area is 110 Å². The van der Waals surface area contributed by atoms with E-state index in [-0.39, 0.29) is 17.0 Å². The molecule has 2 aromatic heterocycles. The third-order valence-corrected chi connectivity index (χ3v) is 1.05. The number of alkyl halides is 3. The number of carboxylic acid groups (broad SMARTS) is 1. The van der Waals surface area contributed by atoms with E-state index >= 15 is 0 Å². The maximum absolute atomic E-state index is 10.6. The number of nitrogens with zero attached hydrogens (tertiary/aromatic N) is 2. The van der Waals surface area contributed by atoms with Crippen LogP contribution in [-0.2, 0) is 4.79 Å². The van der Waals surface area contributed by atoms with Gasteiger partial charge in [0.2, 0.25) is 0 Å². The van der Waals surface area contributed by atoms with Gasteiger partial charge in [-0.05, 0) is 0 Å². The van der Waals surface area contributed by atoms with Gasteiger partial charge in [0, 0.05) is 24.8 Å². The molecule has 0 unspecified atom stereocenters. The second-order valence-electron chi connectivity index (χ2n) is 2.32. The molecule has 0 bridgehead atoms. The number of H-pyrrole nitrogens is 2. The molecule has 0 amide bonds. The highest BCUT2D eigenvalue weighted by Crippen LogP contribution is 2.13. The summed E-state index contributed by atoms with van der Waals surface area (Å²) in [5, 5.41) is 7.12. The van der Waals surface area contributed by atoms with Crippen LogP contribution in [0.25, 0.3) is 0 Å². The quantitative estimate of drug-likeness (QED) is 0.688. The van der Waals surface area contributed by atoms with E-state index in [1.165, 1.54) is 0 Å². The van der Waals surface area contributed by atoms with Crippen molar-refractivity contribution in [2.75, 3.05) is 0 Å². The van der Waals surface area contributed by atoms with Gasteiger partial charge in [-0.1, -0.05) is 0 Å². The smallest absolute Gasteiger partial charge is 0.475 e. The lowest BCUT2D eigenvalue weighted by Crippen LogP contribution is -2.21. The van der Waals surface area contributed by atoms with E-state index in [4.69, 9.17) is 9.90 Å². The molecule has 0 saturated carbocycles. The number of halogens is 4. The van der Waals surface area contributed by atoms with E-state index in [1.807, 2.05) is 0 Å². The second kappa shape index (κ2) is 10.3. The summed E-state index contributed by atoms with van der Waals surface area (Å²) in [7, 11) is 0. The minimum Gasteiger partial charge on any atom is -0.475 e. The van der Waals surface area contributed by atoms with Crippen LogP contribution >= 0.6 is 17.0 Å². The van der Waals surface area contributed by atoms with Crippen molar-refractivity contribution < 1.29 is 23.1 Å². The molecule has 0 fully saturated rings. The molecule has 0 radical (unpaired) electrons. The van der Waals surface area contributed by atoms with Crippen LogP contribution in [0.2, 0.25) is 0 Å². The number of carbonyl (C=O) groups is 1. The minimum atomic E-state index is -5.08. The molecule has 0 aliphatic carbocycles. The van der Waals surface area contributed by atoms with Crippen molar-refractivity contribution in [1.29, 1.82) is 0 Å². The highest BCUT2D eigenvalue weighted by Gasteiger charge is 2.38. The van der Waals surface area contributed by atoms with Crippen molar-refractivity contribution in [3.63, 3.8) is 0 Å². The van der Waals surface area contributed by atoms with Gasteiger partial charge in [-0.15, -0.1) is 17.0 Å². The number of carboxylic acids is 1. The first-order valence-corrected chi connectivity index (χ1v) is 4.10. The summed E-state index contributed by atoms with van der Waals surface area (Å²) >= 11 is 0. The molecular formula is C8H10BrF3N4O2. The van der Waals surface area contributed by atoms with Crippen LogP contribution in [0, 0.1) is 0 Å². The van der Waals surface area contributed by atoms with Gasteiger partial charge in [-0.3, -0.25) is 0 Å². The highest BCUT2D eigenvalue weighted by atomic mass is 79.9. The van der Waals surface area contributed by atoms with Crippen LogP contribution in [-0.4, -0.2) is 37.2 Å². The van der Waals surface area contributed by atoms with Gasteiger partial charge in [0.25, 0.3) is 0 Å². The summed E-state index contributed by atoms with van der Waals surface area (Å²) < 4.78 is 31.7. The third kappa shape index (κ3) is 12.2. The van der Waals surface area contributed by atoms with E-state index in [0.717, 1.165) is 0 Å². The molecule has 0 atom stereocenters. The third-order valence-electron chi connectivity index (χ3n) is 1.05. The van der Waals surface area contributed by atoms with E-state index in [9.17, 15) is 13.2 Å². The van der Waals surface area contributed by atoms with E-state index < -0.39 is 12.1 Å². The summed E-state index contributed by atoms with van der Waals surface area (Å²) in [6.45, 7) is 0. The zero-order valence-electron chi connectivity index (χ0n) is 8.76. The Hall–Kier alpha value is -1.84. The second-order valence-corrected chi connectivity index (χ2v) is 2.32. The molecule has 0 aromatic carbocycles. The lowest BCUT2D eigenvalue weighted by molar-refractivity contribution is -0.192. The van der Waals surface area contributed by atoms with Crippen LogP contribution < -0.4 is 0 Å². The van der Waals surface area contributed by atoms with Crippen LogP contribution in [0.1, 0.15) is 0 Å². The lowest BCUT2D eigenvalue weighted by Gasteiger charge is -1.93. The summed E-state index contributed by atoms with van der Waals surface area (Å²) in [6, 6.07) is 0. The van der Waals surface area contributed by atoms with Crippen LogP contribution in [0.15, 0.2) is 37.4 Å². The molecule has 0 spiro atoms. The fourth-order valence-corrected chi connectivity index (χ4v) is 0.430. The summed E-state index contributed by atoms with van der Waals surface area (Å²) in [4.78, 5) is 21.7. The van der Waals surface area contributed by atoms with Gasteiger partial charge in [-0.2, -0.15) is 13.2 Å². The van der Waals surface area contributed by atoms with Crippen molar-refractivity contribution in [1.82, 2.24) is 19.9 Å². The molecule has 102 valence electrons. The van der Waals surface area contributed by atoms with Crippen LogP contribution in [0.5, 0.6) is 0 Å². The molecule has 18 heavy (non-hydrogen) atoms. The summed E-state index contributed by atoms with van der Waals surface area (Å²) in [6.07, 6.45) is 5.08. The van der Waals surface area contributed by atoms with Gasteiger partial charge < -0.3 is 15.1 Å². The SMILES string of the molecule is Br.O=C(O)C(F)(F)F.c1c[nH]cn1.c1c[nH]cn1.